The first-order valence-electron chi connectivity index (χ1n) is 9.04. The third-order valence-corrected chi connectivity index (χ3v) is 6.74. The molecule has 1 aromatic heterocycles. The third kappa shape index (κ3) is 2.46. The van der Waals surface area contributed by atoms with E-state index in [-0.39, 0.29) is 52.7 Å². The first-order valence-corrected chi connectivity index (χ1v) is 10.3. The molecule has 0 amide bonds. The minimum atomic E-state index is -0.380. The number of hydrogen-bond acceptors (Lipinski definition) is 6. The molecule has 0 aliphatic rings. The van der Waals surface area contributed by atoms with E-state index in [0.29, 0.717) is 23.6 Å². The normalized spacial score (nSPS) is 11.7. The minimum absolute atomic E-state index is 0.0713. The number of aryl methyl sites for hydroxylation is 1. The molecule has 140 valence electrons. The zero-order valence-electron chi connectivity index (χ0n) is 15.0. The lowest BCUT2D eigenvalue weighted by Gasteiger charge is -2.02. The van der Waals surface area contributed by atoms with Gasteiger partial charge in [0.05, 0.1) is 20.2 Å². The standard InChI is InChI=1S/C23H12O4S2/c24-18-12-5-1-2-6-13(12)20(26)22-16(18)17-19(25)15-10-11(4-3-9-28)7-8-14(15)21(27)23(17)29-22/h1-2,5-10H,3-4H2. The molecular formula is C23H12O4S2. The molecule has 0 aliphatic heterocycles. The summed E-state index contributed by atoms with van der Waals surface area (Å²) in [7, 11) is 0. The van der Waals surface area contributed by atoms with E-state index in [2.05, 4.69) is 0 Å². The Balaban J connectivity index is 2.04. The molecule has 5 aromatic rings. The highest BCUT2D eigenvalue weighted by Crippen LogP contribution is 2.29. The minimum Gasteiger partial charge on any atom is -0.289 e. The lowest BCUT2D eigenvalue weighted by molar-refractivity contribution is 1.07. The van der Waals surface area contributed by atoms with E-state index < -0.39 is 0 Å². The highest BCUT2D eigenvalue weighted by Gasteiger charge is 2.21. The van der Waals surface area contributed by atoms with E-state index >= 15 is 0 Å². The largest absolute Gasteiger partial charge is 0.289 e. The molecule has 0 atom stereocenters. The first kappa shape index (κ1) is 18.0. The maximum Gasteiger partial charge on any atom is 0.204 e. The van der Waals surface area contributed by atoms with Gasteiger partial charge in [-0.15, -0.1) is 11.3 Å². The summed E-state index contributed by atoms with van der Waals surface area (Å²) in [4.78, 5) is 52.5. The zero-order chi connectivity index (χ0) is 20.3. The topological polar surface area (TPSA) is 68.3 Å². The summed E-state index contributed by atoms with van der Waals surface area (Å²) in [6.07, 6.45) is 1.34. The molecule has 1 heterocycles. The summed E-state index contributed by atoms with van der Waals surface area (Å²) in [5.41, 5.74) is -0.502. The average Bonchev–Trinajstić information content (AvgIpc) is 3.16. The van der Waals surface area contributed by atoms with Crippen LogP contribution in [0.5, 0.6) is 0 Å². The molecule has 6 heteroatoms. The van der Waals surface area contributed by atoms with Gasteiger partial charge in [-0.25, -0.2) is 0 Å². The van der Waals surface area contributed by atoms with Crippen molar-refractivity contribution >= 4 is 70.6 Å². The maximum atomic E-state index is 13.3. The number of thiocarbonyl (C=S) groups is 1. The van der Waals surface area contributed by atoms with Gasteiger partial charge in [0.2, 0.25) is 10.9 Å². The van der Waals surface area contributed by atoms with Crippen LogP contribution in [-0.2, 0) is 6.42 Å². The Morgan fingerprint density at radius 3 is 1.90 bits per heavy atom. The van der Waals surface area contributed by atoms with Gasteiger partial charge in [-0.3, -0.25) is 19.2 Å². The first-order chi connectivity index (χ1) is 14.0. The van der Waals surface area contributed by atoms with Crippen LogP contribution in [-0.4, -0.2) is 5.37 Å². The molecule has 0 saturated heterocycles. The van der Waals surface area contributed by atoms with E-state index in [1.807, 2.05) is 6.07 Å². The fourth-order valence-corrected chi connectivity index (χ4v) is 5.26. The van der Waals surface area contributed by atoms with Gasteiger partial charge in [-0.2, -0.15) is 0 Å². The molecule has 0 N–H and O–H groups in total. The second-order valence-electron chi connectivity index (χ2n) is 6.96. The second-order valence-corrected chi connectivity index (χ2v) is 8.31. The third-order valence-electron chi connectivity index (χ3n) is 5.32. The average molecular weight is 416 g/mol. The quantitative estimate of drug-likeness (QED) is 0.420. The monoisotopic (exact) mass is 416 g/mol. The van der Waals surface area contributed by atoms with Crippen molar-refractivity contribution in [2.45, 2.75) is 12.8 Å². The number of hydrogen-bond donors (Lipinski definition) is 0. The van der Waals surface area contributed by atoms with E-state index in [1.165, 1.54) is 0 Å². The Hall–Kier alpha value is -3.09. The summed E-state index contributed by atoms with van der Waals surface area (Å²) >= 11 is 5.81. The smallest absolute Gasteiger partial charge is 0.204 e. The van der Waals surface area contributed by atoms with Gasteiger partial charge in [0.1, 0.15) is 0 Å². The van der Waals surface area contributed by atoms with Crippen molar-refractivity contribution in [1.82, 2.24) is 0 Å². The van der Waals surface area contributed by atoms with Crippen molar-refractivity contribution in [3.05, 3.63) is 88.9 Å². The Labute approximate surface area is 172 Å². The zero-order valence-corrected chi connectivity index (χ0v) is 16.6. The molecular weight excluding hydrogens is 404 g/mol. The van der Waals surface area contributed by atoms with Crippen LogP contribution >= 0.6 is 23.6 Å². The van der Waals surface area contributed by atoms with Crippen LogP contribution in [0.25, 0.3) is 41.7 Å². The van der Waals surface area contributed by atoms with Crippen LogP contribution in [0, 0.1) is 0 Å². The summed E-state index contributed by atoms with van der Waals surface area (Å²) in [5.74, 6) is 0. The molecule has 0 bridgehead atoms. The Kier molecular flexibility index (Phi) is 4.01. The molecule has 0 radical (unpaired) electrons. The van der Waals surface area contributed by atoms with Gasteiger partial charge < -0.3 is 0 Å². The van der Waals surface area contributed by atoms with Gasteiger partial charge >= 0.3 is 0 Å². The Morgan fingerprint density at radius 2 is 1.28 bits per heavy atom. The lowest BCUT2D eigenvalue weighted by atomic mass is 9.99. The van der Waals surface area contributed by atoms with Gasteiger partial charge in [0.15, 0.2) is 10.9 Å². The Bertz CT molecular complexity index is 1700. The van der Waals surface area contributed by atoms with Crippen molar-refractivity contribution in [1.29, 1.82) is 0 Å². The van der Waals surface area contributed by atoms with Gasteiger partial charge in [-0.05, 0) is 35.9 Å². The maximum absolute atomic E-state index is 13.3. The molecule has 29 heavy (non-hydrogen) atoms. The number of fused-ring (bicyclic) bond motifs is 5. The van der Waals surface area contributed by atoms with Crippen LogP contribution in [0.15, 0.2) is 61.6 Å². The fraction of sp³-hybridized carbons (Fsp3) is 0.0870. The van der Waals surface area contributed by atoms with Crippen molar-refractivity contribution in [2.24, 2.45) is 0 Å². The van der Waals surface area contributed by atoms with Crippen LogP contribution in [0.4, 0.5) is 0 Å². The molecule has 0 saturated carbocycles. The number of benzene rings is 4. The molecule has 4 aromatic carbocycles. The van der Waals surface area contributed by atoms with Crippen LogP contribution in [0.3, 0.4) is 0 Å². The van der Waals surface area contributed by atoms with E-state index in [4.69, 9.17) is 12.2 Å². The van der Waals surface area contributed by atoms with E-state index in [1.54, 1.807) is 41.8 Å². The summed E-state index contributed by atoms with van der Waals surface area (Å²) in [5, 5.41) is 2.94. The van der Waals surface area contributed by atoms with Gasteiger partial charge in [0.25, 0.3) is 0 Å². The predicted molar refractivity (Wildman–Crippen MR) is 124 cm³/mol. The summed E-state index contributed by atoms with van der Waals surface area (Å²) in [6, 6.07) is 11.7. The SMILES string of the molecule is O=c1c2ccccc2c(=O)c2c1sc1c(=O)c3ccc(CCC=S)cc3c(=O)c12. The highest BCUT2D eigenvalue weighted by molar-refractivity contribution is 7.78. The van der Waals surface area contributed by atoms with Crippen LogP contribution in [0.1, 0.15) is 12.0 Å². The summed E-state index contributed by atoms with van der Waals surface area (Å²) < 4.78 is 0.350. The fourth-order valence-electron chi connectivity index (χ4n) is 3.94. The molecule has 4 nitrogen and oxygen atoms in total. The number of rotatable bonds is 3. The summed E-state index contributed by atoms with van der Waals surface area (Å²) in [6.45, 7) is 0. The molecule has 5 rings (SSSR count). The Morgan fingerprint density at radius 1 is 0.724 bits per heavy atom. The van der Waals surface area contributed by atoms with E-state index in [0.717, 1.165) is 16.9 Å². The molecule has 0 fully saturated rings. The van der Waals surface area contributed by atoms with E-state index in [9.17, 15) is 19.2 Å². The van der Waals surface area contributed by atoms with Crippen molar-refractivity contribution in [2.75, 3.05) is 0 Å². The van der Waals surface area contributed by atoms with Crippen molar-refractivity contribution < 1.29 is 0 Å². The predicted octanol–water partition coefficient (Wildman–Crippen LogP) is 3.61. The number of thiophene rings is 1. The molecule has 0 spiro atoms. The van der Waals surface area contributed by atoms with Crippen LogP contribution < -0.4 is 21.7 Å². The lowest BCUT2D eigenvalue weighted by Crippen LogP contribution is -2.15. The van der Waals surface area contributed by atoms with Gasteiger partial charge in [0, 0.05) is 21.5 Å². The van der Waals surface area contributed by atoms with Crippen LogP contribution in [0.2, 0.25) is 0 Å². The highest BCUT2D eigenvalue weighted by atomic mass is 32.1. The second kappa shape index (κ2) is 6.47. The van der Waals surface area contributed by atoms with Gasteiger partial charge in [-0.1, -0.05) is 42.5 Å². The van der Waals surface area contributed by atoms with Crippen molar-refractivity contribution in [3.8, 4) is 0 Å². The molecule has 0 aliphatic carbocycles. The molecule has 0 unspecified atom stereocenters. The van der Waals surface area contributed by atoms with Crippen molar-refractivity contribution in [3.63, 3.8) is 0 Å².